The predicted octanol–water partition coefficient (Wildman–Crippen LogP) is 2.98. The van der Waals surface area contributed by atoms with Gasteiger partial charge in [0.2, 0.25) is 0 Å². The van der Waals surface area contributed by atoms with Crippen LogP contribution in [0.3, 0.4) is 0 Å². The number of hydrogen-bond donors (Lipinski definition) is 1. The Labute approximate surface area is 111 Å². The fourth-order valence-corrected chi connectivity index (χ4v) is 2.29. The average molecular weight is 258 g/mol. The summed E-state index contributed by atoms with van der Waals surface area (Å²) in [5.74, 6) is 6.44. The monoisotopic (exact) mass is 258 g/mol. The molecule has 0 bridgehead atoms. The van der Waals surface area contributed by atoms with Gasteiger partial charge in [-0.25, -0.2) is 0 Å². The van der Waals surface area contributed by atoms with Crippen LogP contribution in [0.5, 0.6) is 5.75 Å². The van der Waals surface area contributed by atoms with E-state index in [2.05, 4.69) is 11.8 Å². The Kier molecular flexibility index (Phi) is 4.40. The van der Waals surface area contributed by atoms with Crippen molar-refractivity contribution >= 4 is 11.3 Å². The first-order chi connectivity index (χ1) is 8.79. The van der Waals surface area contributed by atoms with E-state index in [-0.39, 0.29) is 6.61 Å². The number of ether oxygens (including phenoxy) is 1. The molecule has 1 N–H and O–H groups in total. The Bertz CT molecular complexity index is 575. The summed E-state index contributed by atoms with van der Waals surface area (Å²) in [5, 5.41) is 10.7. The fraction of sp³-hybridized carbons (Fsp3) is 0.200. The molecule has 3 heteroatoms. The van der Waals surface area contributed by atoms with Crippen LogP contribution in [-0.2, 0) is 6.61 Å². The smallest absolute Gasteiger partial charge is 0.124 e. The molecule has 1 heterocycles. The molecule has 0 saturated heterocycles. The van der Waals surface area contributed by atoms with E-state index in [1.807, 2.05) is 42.6 Å². The van der Waals surface area contributed by atoms with Gasteiger partial charge < -0.3 is 9.84 Å². The van der Waals surface area contributed by atoms with E-state index < -0.39 is 0 Å². The zero-order chi connectivity index (χ0) is 12.8. The van der Waals surface area contributed by atoms with Crippen LogP contribution >= 0.6 is 11.3 Å². The van der Waals surface area contributed by atoms with Crippen LogP contribution in [0.25, 0.3) is 0 Å². The minimum absolute atomic E-state index is 0.117. The van der Waals surface area contributed by atoms with Crippen molar-refractivity contribution in [1.29, 1.82) is 0 Å². The third-order valence-corrected chi connectivity index (χ3v) is 3.30. The van der Waals surface area contributed by atoms with Gasteiger partial charge >= 0.3 is 0 Å². The number of aliphatic hydroxyl groups excluding tert-OH is 1. The molecule has 0 aliphatic heterocycles. The first-order valence-electron chi connectivity index (χ1n) is 5.65. The lowest BCUT2D eigenvalue weighted by Crippen LogP contribution is -1.95. The molecule has 0 amide bonds. The lowest BCUT2D eigenvalue weighted by molar-refractivity contribution is 0.309. The molecule has 0 saturated carbocycles. The largest absolute Gasteiger partial charge is 0.488 e. The predicted molar refractivity (Wildman–Crippen MR) is 73.8 cm³/mol. The summed E-state index contributed by atoms with van der Waals surface area (Å²) in [4.78, 5) is 1.08. The summed E-state index contributed by atoms with van der Waals surface area (Å²) in [6, 6.07) is 9.91. The van der Waals surface area contributed by atoms with E-state index in [0.717, 1.165) is 16.2 Å². The SMILES string of the molecule is Cc1cccc(OCc2sccc2C#CCO)c1. The molecule has 92 valence electrons. The molecule has 0 unspecified atom stereocenters. The topological polar surface area (TPSA) is 29.5 Å². The lowest BCUT2D eigenvalue weighted by atomic mass is 10.2. The molecular weight excluding hydrogens is 244 g/mol. The highest BCUT2D eigenvalue weighted by molar-refractivity contribution is 7.10. The number of thiophene rings is 1. The summed E-state index contributed by atoms with van der Waals surface area (Å²) in [6.07, 6.45) is 0. The molecule has 0 spiro atoms. The summed E-state index contributed by atoms with van der Waals surface area (Å²) < 4.78 is 5.73. The van der Waals surface area contributed by atoms with Gasteiger partial charge in [-0.1, -0.05) is 24.0 Å². The third kappa shape index (κ3) is 3.36. The van der Waals surface area contributed by atoms with Crippen molar-refractivity contribution in [2.24, 2.45) is 0 Å². The molecule has 18 heavy (non-hydrogen) atoms. The van der Waals surface area contributed by atoms with Crippen molar-refractivity contribution < 1.29 is 9.84 Å². The molecule has 0 fully saturated rings. The van der Waals surface area contributed by atoms with Crippen molar-refractivity contribution in [2.75, 3.05) is 6.61 Å². The van der Waals surface area contributed by atoms with Crippen LogP contribution in [0, 0.1) is 18.8 Å². The first kappa shape index (κ1) is 12.7. The van der Waals surface area contributed by atoms with Gasteiger partial charge in [0.05, 0.1) is 4.88 Å². The average Bonchev–Trinajstić information content (AvgIpc) is 2.81. The molecule has 2 rings (SSSR count). The Balaban J connectivity index is 2.04. The van der Waals surface area contributed by atoms with Crippen LogP contribution < -0.4 is 4.74 Å². The molecule has 0 atom stereocenters. The molecule has 1 aromatic carbocycles. The van der Waals surface area contributed by atoms with E-state index in [4.69, 9.17) is 9.84 Å². The summed E-state index contributed by atoms with van der Waals surface area (Å²) in [6.45, 7) is 2.43. The normalized spacial score (nSPS) is 9.67. The van der Waals surface area contributed by atoms with Gasteiger partial charge in [-0.3, -0.25) is 0 Å². The van der Waals surface area contributed by atoms with Gasteiger partial charge in [-0.2, -0.15) is 0 Å². The van der Waals surface area contributed by atoms with E-state index >= 15 is 0 Å². The number of benzene rings is 1. The quantitative estimate of drug-likeness (QED) is 0.858. The van der Waals surface area contributed by atoms with Gasteiger partial charge in [-0.15, -0.1) is 11.3 Å². The minimum atomic E-state index is -0.117. The number of aryl methyl sites for hydroxylation is 1. The Morgan fingerprint density at radius 1 is 1.33 bits per heavy atom. The van der Waals surface area contributed by atoms with Crippen molar-refractivity contribution in [3.8, 4) is 17.6 Å². The lowest BCUT2D eigenvalue weighted by Gasteiger charge is -2.05. The van der Waals surface area contributed by atoms with Crippen LogP contribution in [0.4, 0.5) is 0 Å². The molecule has 2 nitrogen and oxygen atoms in total. The number of rotatable bonds is 3. The highest BCUT2D eigenvalue weighted by atomic mass is 32.1. The summed E-state index contributed by atoms with van der Waals surface area (Å²) in [5.41, 5.74) is 2.11. The Morgan fingerprint density at radius 2 is 2.22 bits per heavy atom. The van der Waals surface area contributed by atoms with Gasteiger partial charge in [0.1, 0.15) is 19.0 Å². The highest BCUT2D eigenvalue weighted by Gasteiger charge is 2.03. The Hall–Kier alpha value is -1.76. The summed E-state index contributed by atoms with van der Waals surface area (Å²) >= 11 is 1.61. The zero-order valence-electron chi connectivity index (χ0n) is 10.1. The Morgan fingerprint density at radius 3 is 3.00 bits per heavy atom. The van der Waals surface area contributed by atoms with Crippen molar-refractivity contribution in [3.05, 3.63) is 51.7 Å². The first-order valence-corrected chi connectivity index (χ1v) is 6.53. The molecule has 0 radical (unpaired) electrons. The van der Waals surface area contributed by atoms with E-state index in [0.29, 0.717) is 6.61 Å². The van der Waals surface area contributed by atoms with E-state index in [9.17, 15) is 0 Å². The van der Waals surface area contributed by atoms with Gasteiger partial charge in [-0.05, 0) is 36.1 Å². The van der Waals surface area contributed by atoms with Crippen LogP contribution in [0.1, 0.15) is 16.0 Å². The van der Waals surface area contributed by atoms with Crippen LogP contribution in [0.2, 0.25) is 0 Å². The van der Waals surface area contributed by atoms with Crippen molar-refractivity contribution in [3.63, 3.8) is 0 Å². The van der Waals surface area contributed by atoms with Crippen LogP contribution in [0.15, 0.2) is 35.7 Å². The molecular formula is C15H14O2S. The van der Waals surface area contributed by atoms with Crippen LogP contribution in [-0.4, -0.2) is 11.7 Å². The fourth-order valence-electron chi connectivity index (χ4n) is 1.55. The van der Waals surface area contributed by atoms with Gasteiger partial charge in [0.15, 0.2) is 0 Å². The molecule has 0 aliphatic carbocycles. The molecule has 0 aliphatic rings. The van der Waals surface area contributed by atoms with E-state index in [1.165, 1.54) is 5.56 Å². The standard InChI is InChI=1S/C15H14O2S/c1-12-4-2-6-14(10-12)17-11-15-13(5-3-8-16)7-9-18-15/h2,4,6-7,9-10,16H,8,11H2,1H3. The minimum Gasteiger partial charge on any atom is -0.488 e. The number of aliphatic hydroxyl groups is 1. The van der Waals surface area contributed by atoms with Gasteiger partial charge in [0.25, 0.3) is 0 Å². The zero-order valence-corrected chi connectivity index (χ0v) is 11.0. The highest BCUT2D eigenvalue weighted by Crippen LogP contribution is 2.20. The second-order valence-corrected chi connectivity index (χ2v) is 4.82. The maximum absolute atomic E-state index is 8.69. The molecule has 1 aromatic heterocycles. The number of hydrogen-bond acceptors (Lipinski definition) is 3. The second kappa shape index (κ2) is 6.25. The molecule has 2 aromatic rings. The maximum atomic E-state index is 8.69. The van der Waals surface area contributed by atoms with Crippen molar-refractivity contribution in [2.45, 2.75) is 13.5 Å². The third-order valence-electron chi connectivity index (χ3n) is 2.41. The maximum Gasteiger partial charge on any atom is 0.124 e. The van der Waals surface area contributed by atoms with E-state index in [1.54, 1.807) is 11.3 Å². The van der Waals surface area contributed by atoms with Crippen molar-refractivity contribution in [1.82, 2.24) is 0 Å². The summed E-state index contributed by atoms with van der Waals surface area (Å²) in [7, 11) is 0. The second-order valence-electron chi connectivity index (χ2n) is 3.82. The van der Waals surface area contributed by atoms with Gasteiger partial charge in [0, 0.05) is 5.56 Å².